The first kappa shape index (κ1) is 10.0. The normalized spacial score (nSPS) is 37.2. The second-order valence-electron chi connectivity index (χ2n) is 5.02. The molecular weight excluding hydrogens is 148 g/mol. The van der Waals surface area contributed by atoms with E-state index in [1.54, 1.807) is 0 Å². The Bertz CT molecular complexity index is 138. The van der Waals surface area contributed by atoms with Crippen LogP contribution < -0.4 is 0 Å². The standard InChI is InChI=1S/C11H22O/c1-9(2)7-11(12)6-4-5-10(3)8-11/h9-10,12H,4-8H2,1-3H3/t10-,11+/m1/s1. The molecule has 0 spiro atoms. The Morgan fingerprint density at radius 3 is 2.67 bits per heavy atom. The summed E-state index contributed by atoms with van der Waals surface area (Å²) < 4.78 is 0. The van der Waals surface area contributed by atoms with Crippen molar-refractivity contribution in [2.24, 2.45) is 11.8 Å². The lowest BCUT2D eigenvalue weighted by atomic mass is 9.75. The molecule has 0 bridgehead atoms. The average Bonchev–Trinajstić information content (AvgIpc) is 1.82. The van der Waals surface area contributed by atoms with Gasteiger partial charge in [0, 0.05) is 0 Å². The number of hydrogen-bond acceptors (Lipinski definition) is 1. The molecule has 1 N–H and O–H groups in total. The average molecular weight is 170 g/mol. The van der Waals surface area contributed by atoms with Gasteiger partial charge in [-0.15, -0.1) is 0 Å². The summed E-state index contributed by atoms with van der Waals surface area (Å²) in [6, 6.07) is 0. The molecule has 0 unspecified atom stereocenters. The van der Waals surface area contributed by atoms with Gasteiger partial charge in [-0.3, -0.25) is 0 Å². The largest absolute Gasteiger partial charge is 0.390 e. The van der Waals surface area contributed by atoms with Crippen LogP contribution in [0.4, 0.5) is 0 Å². The van der Waals surface area contributed by atoms with E-state index in [4.69, 9.17) is 0 Å². The Morgan fingerprint density at radius 2 is 2.17 bits per heavy atom. The Labute approximate surface area is 76.2 Å². The first-order valence-corrected chi connectivity index (χ1v) is 5.24. The van der Waals surface area contributed by atoms with Crippen molar-refractivity contribution >= 4 is 0 Å². The predicted octanol–water partition coefficient (Wildman–Crippen LogP) is 2.97. The molecule has 12 heavy (non-hydrogen) atoms. The fourth-order valence-corrected chi connectivity index (χ4v) is 2.58. The second-order valence-corrected chi connectivity index (χ2v) is 5.02. The highest BCUT2D eigenvalue weighted by molar-refractivity contribution is 4.85. The highest BCUT2D eigenvalue weighted by Crippen LogP contribution is 2.36. The van der Waals surface area contributed by atoms with Gasteiger partial charge in [0.15, 0.2) is 0 Å². The van der Waals surface area contributed by atoms with Gasteiger partial charge in [-0.05, 0) is 31.1 Å². The van der Waals surface area contributed by atoms with Crippen molar-refractivity contribution < 1.29 is 5.11 Å². The van der Waals surface area contributed by atoms with Crippen LogP contribution in [-0.2, 0) is 0 Å². The molecule has 1 fully saturated rings. The summed E-state index contributed by atoms with van der Waals surface area (Å²) in [5, 5.41) is 10.2. The Balaban J connectivity index is 2.45. The first-order chi connectivity index (χ1) is 5.52. The summed E-state index contributed by atoms with van der Waals surface area (Å²) in [4.78, 5) is 0. The molecule has 0 radical (unpaired) electrons. The van der Waals surface area contributed by atoms with Crippen LogP contribution in [0.25, 0.3) is 0 Å². The number of rotatable bonds is 2. The van der Waals surface area contributed by atoms with E-state index < -0.39 is 0 Å². The molecule has 1 heteroatoms. The zero-order chi connectivity index (χ0) is 9.19. The molecule has 0 aliphatic heterocycles. The zero-order valence-corrected chi connectivity index (χ0v) is 8.64. The van der Waals surface area contributed by atoms with Crippen molar-refractivity contribution in [2.75, 3.05) is 0 Å². The lowest BCUT2D eigenvalue weighted by Gasteiger charge is -2.36. The van der Waals surface area contributed by atoms with Crippen LogP contribution in [0.15, 0.2) is 0 Å². The molecule has 1 nitrogen and oxygen atoms in total. The topological polar surface area (TPSA) is 20.2 Å². The molecule has 72 valence electrons. The molecule has 0 aromatic rings. The fourth-order valence-electron chi connectivity index (χ4n) is 2.58. The lowest BCUT2D eigenvalue weighted by molar-refractivity contribution is -0.0293. The minimum atomic E-state index is -0.328. The van der Waals surface area contributed by atoms with Crippen molar-refractivity contribution in [1.82, 2.24) is 0 Å². The zero-order valence-electron chi connectivity index (χ0n) is 8.64. The van der Waals surface area contributed by atoms with E-state index in [1.807, 2.05) is 0 Å². The molecule has 2 atom stereocenters. The molecule has 0 saturated heterocycles. The van der Waals surface area contributed by atoms with Gasteiger partial charge in [0.2, 0.25) is 0 Å². The highest BCUT2D eigenvalue weighted by Gasteiger charge is 2.32. The predicted molar refractivity (Wildman–Crippen MR) is 52.0 cm³/mol. The molecule has 0 heterocycles. The van der Waals surface area contributed by atoms with Crippen LogP contribution in [0.5, 0.6) is 0 Å². The summed E-state index contributed by atoms with van der Waals surface area (Å²) >= 11 is 0. The van der Waals surface area contributed by atoms with Crippen molar-refractivity contribution in [3.63, 3.8) is 0 Å². The smallest absolute Gasteiger partial charge is 0.0652 e. The van der Waals surface area contributed by atoms with Gasteiger partial charge in [0.05, 0.1) is 5.60 Å². The monoisotopic (exact) mass is 170 g/mol. The van der Waals surface area contributed by atoms with E-state index in [2.05, 4.69) is 20.8 Å². The third-order valence-electron chi connectivity index (χ3n) is 2.86. The van der Waals surface area contributed by atoms with Crippen LogP contribution in [0, 0.1) is 11.8 Å². The van der Waals surface area contributed by atoms with Gasteiger partial charge in [-0.25, -0.2) is 0 Å². The van der Waals surface area contributed by atoms with Crippen molar-refractivity contribution in [3.05, 3.63) is 0 Å². The summed E-state index contributed by atoms with van der Waals surface area (Å²) in [6.07, 6.45) is 5.54. The van der Waals surface area contributed by atoms with Gasteiger partial charge < -0.3 is 5.11 Å². The SMILES string of the molecule is CC(C)C[C@@]1(O)CCC[C@@H](C)C1. The number of hydrogen-bond donors (Lipinski definition) is 1. The third-order valence-corrected chi connectivity index (χ3v) is 2.86. The van der Waals surface area contributed by atoms with Crippen LogP contribution in [0.3, 0.4) is 0 Å². The summed E-state index contributed by atoms with van der Waals surface area (Å²) in [5.41, 5.74) is -0.328. The van der Waals surface area contributed by atoms with Crippen molar-refractivity contribution in [1.29, 1.82) is 0 Å². The highest BCUT2D eigenvalue weighted by atomic mass is 16.3. The quantitative estimate of drug-likeness (QED) is 0.675. The Hall–Kier alpha value is -0.0400. The van der Waals surface area contributed by atoms with Crippen LogP contribution in [0.1, 0.15) is 52.9 Å². The fraction of sp³-hybridized carbons (Fsp3) is 1.00. The van der Waals surface area contributed by atoms with E-state index >= 15 is 0 Å². The molecule has 0 amide bonds. The van der Waals surface area contributed by atoms with Crippen LogP contribution in [-0.4, -0.2) is 10.7 Å². The van der Waals surface area contributed by atoms with E-state index in [1.165, 1.54) is 12.8 Å². The summed E-state index contributed by atoms with van der Waals surface area (Å²) in [7, 11) is 0. The summed E-state index contributed by atoms with van der Waals surface area (Å²) in [5.74, 6) is 1.35. The van der Waals surface area contributed by atoms with E-state index in [0.717, 1.165) is 25.2 Å². The van der Waals surface area contributed by atoms with Crippen molar-refractivity contribution in [2.45, 2.75) is 58.5 Å². The molecule has 0 aromatic heterocycles. The maximum absolute atomic E-state index is 10.2. The van der Waals surface area contributed by atoms with Gasteiger partial charge in [0.25, 0.3) is 0 Å². The van der Waals surface area contributed by atoms with Gasteiger partial charge in [-0.1, -0.05) is 33.6 Å². The third kappa shape index (κ3) is 2.78. The minimum absolute atomic E-state index is 0.328. The molecule has 0 aromatic carbocycles. The van der Waals surface area contributed by atoms with Crippen LogP contribution in [0.2, 0.25) is 0 Å². The minimum Gasteiger partial charge on any atom is -0.390 e. The van der Waals surface area contributed by atoms with Gasteiger partial charge in [0.1, 0.15) is 0 Å². The maximum Gasteiger partial charge on any atom is 0.0652 e. The Morgan fingerprint density at radius 1 is 1.50 bits per heavy atom. The van der Waals surface area contributed by atoms with E-state index in [9.17, 15) is 5.11 Å². The molecule has 1 saturated carbocycles. The maximum atomic E-state index is 10.2. The molecule has 1 aliphatic rings. The first-order valence-electron chi connectivity index (χ1n) is 5.24. The van der Waals surface area contributed by atoms with Crippen LogP contribution >= 0.6 is 0 Å². The van der Waals surface area contributed by atoms with Gasteiger partial charge >= 0.3 is 0 Å². The van der Waals surface area contributed by atoms with E-state index in [0.29, 0.717) is 5.92 Å². The van der Waals surface area contributed by atoms with E-state index in [-0.39, 0.29) is 5.60 Å². The second kappa shape index (κ2) is 3.78. The Kier molecular flexibility index (Phi) is 3.16. The summed E-state index contributed by atoms with van der Waals surface area (Å²) in [6.45, 7) is 6.64. The number of aliphatic hydroxyl groups is 1. The molecular formula is C11H22O. The molecule has 1 aliphatic carbocycles. The lowest BCUT2D eigenvalue weighted by Crippen LogP contribution is -2.35. The molecule has 1 rings (SSSR count). The van der Waals surface area contributed by atoms with Crippen molar-refractivity contribution in [3.8, 4) is 0 Å². The van der Waals surface area contributed by atoms with Gasteiger partial charge in [-0.2, -0.15) is 0 Å².